The lowest BCUT2D eigenvalue weighted by molar-refractivity contribution is -0.148. The van der Waals surface area contributed by atoms with Gasteiger partial charge in [0.15, 0.2) is 0 Å². The summed E-state index contributed by atoms with van der Waals surface area (Å²) in [5, 5.41) is 9.02. The second kappa shape index (κ2) is 8.15. The molecule has 0 saturated carbocycles. The van der Waals surface area contributed by atoms with Crippen molar-refractivity contribution in [3.05, 3.63) is 0 Å². The molecular weight excluding hydrogens is 246 g/mol. The summed E-state index contributed by atoms with van der Waals surface area (Å²) >= 11 is 0. The van der Waals surface area contributed by atoms with Crippen molar-refractivity contribution in [1.82, 2.24) is 4.90 Å². The summed E-state index contributed by atoms with van der Waals surface area (Å²) in [5.41, 5.74) is 0. The van der Waals surface area contributed by atoms with E-state index in [1.165, 1.54) is 4.90 Å². The van der Waals surface area contributed by atoms with Crippen LogP contribution < -0.4 is 0 Å². The van der Waals surface area contributed by atoms with Crippen molar-refractivity contribution in [3.63, 3.8) is 0 Å². The van der Waals surface area contributed by atoms with Gasteiger partial charge in [0.25, 0.3) is 0 Å². The zero-order valence-electron chi connectivity index (χ0n) is 11.9. The van der Waals surface area contributed by atoms with Gasteiger partial charge in [0.1, 0.15) is 6.04 Å². The molecule has 1 amide bonds. The molecule has 1 aliphatic heterocycles. The normalized spacial score (nSPS) is 19.1. The van der Waals surface area contributed by atoms with Crippen molar-refractivity contribution in [1.29, 1.82) is 0 Å². The smallest absolute Gasteiger partial charge is 0.326 e. The molecule has 0 unspecified atom stereocenters. The minimum atomic E-state index is -0.879. The van der Waals surface area contributed by atoms with Crippen LogP contribution in [0.3, 0.4) is 0 Å². The summed E-state index contributed by atoms with van der Waals surface area (Å²) < 4.78 is 5.42. The highest BCUT2D eigenvalue weighted by Gasteiger charge is 2.33. The van der Waals surface area contributed by atoms with Crippen molar-refractivity contribution in [2.24, 2.45) is 0 Å². The fourth-order valence-electron chi connectivity index (χ4n) is 2.34. The van der Waals surface area contributed by atoms with Crippen LogP contribution in [0.15, 0.2) is 0 Å². The molecule has 19 heavy (non-hydrogen) atoms. The Kier molecular flexibility index (Phi) is 6.84. The van der Waals surface area contributed by atoms with Gasteiger partial charge in [-0.2, -0.15) is 0 Å². The lowest BCUT2D eigenvalue weighted by atomic mass is 10.1. The average molecular weight is 271 g/mol. The number of hydrogen-bond donors (Lipinski definition) is 1. The summed E-state index contributed by atoms with van der Waals surface area (Å²) in [6, 6.07) is -0.600. The predicted octanol–water partition coefficient (Wildman–Crippen LogP) is 2.05. The first-order chi connectivity index (χ1) is 9.02. The van der Waals surface area contributed by atoms with Crippen LogP contribution in [0.1, 0.15) is 52.4 Å². The van der Waals surface area contributed by atoms with Crippen LogP contribution in [-0.4, -0.2) is 47.2 Å². The zero-order chi connectivity index (χ0) is 14.3. The molecule has 0 aromatic heterocycles. The van der Waals surface area contributed by atoms with Crippen LogP contribution >= 0.6 is 0 Å². The second-order valence-electron chi connectivity index (χ2n) is 5.31. The Bertz CT molecular complexity index is 304. The summed E-state index contributed by atoms with van der Waals surface area (Å²) in [6.07, 6.45) is 4.79. The number of carboxylic acids is 1. The van der Waals surface area contributed by atoms with Gasteiger partial charge in [0.2, 0.25) is 5.91 Å². The first-order valence-corrected chi connectivity index (χ1v) is 7.16. The van der Waals surface area contributed by atoms with Gasteiger partial charge < -0.3 is 14.7 Å². The van der Waals surface area contributed by atoms with Gasteiger partial charge in [-0.1, -0.05) is 6.42 Å². The van der Waals surface area contributed by atoms with Crippen molar-refractivity contribution in [2.75, 3.05) is 13.2 Å². The Labute approximate surface area is 114 Å². The number of aliphatic carboxylic acids is 1. The first-order valence-electron chi connectivity index (χ1n) is 7.16. The number of carboxylic acid groups (broad SMARTS) is 1. The molecule has 110 valence electrons. The van der Waals surface area contributed by atoms with E-state index in [0.717, 1.165) is 32.3 Å². The Morgan fingerprint density at radius 1 is 1.32 bits per heavy atom. The Hall–Kier alpha value is -1.10. The lowest BCUT2D eigenvalue weighted by Gasteiger charge is -2.21. The van der Waals surface area contributed by atoms with Gasteiger partial charge >= 0.3 is 5.97 Å². The SMILES string of the molecule is CC(C)OCCCCCC(=O)N1CCC[C@H]1C(=O)O. The topological polar surface area (TPSA) is 66.8 Å². The largest absolute Gasteiger partial charge is 0.480 e. The quantitative estimate of drug-likeness (QED) is 0.686. The van der Waals surface area contributed by atoms with E-state index in [1.54, 1.807) is 0 Å². The molecule has 0 aliphatic carbocycles. The fourth-order valence-corrected chi connectivity index (χ4v) is 2.34. The van der Waals surface area contributed by atoms with Gasteiger partial charge in [-0.05, 0) is 39.5 Å². The Morgan fingerprint density at radius 3 is 2.68 bits per heavy atom. The fraction of sp³-hybridized carbons (Fsp3) is 0.857. The molecule has 1 atom stereocenters. The number of ether oxygens (including phenoxy) is 1. The predicted molar refractivity (Wildman–Crippen MR) is 71.9 cm³/mol. The maximum atomic E-state index is 11.9. The minimum Gasteiger partial charge on any atom is -0.480 e. The third kappa shape index (κ3) is 5.59. The third-order valence-corrected chi connectivity index (χ3v) is 3.34. The van der Waals surface area contributed by atoms with E-state index in [4.69, 9.17) is 9.84 Å². The molecule has 0 bridgehead atoms. The molecule has 1 fully saturated rings. The van der Waals surface area contributed by atoms with E-state index in [0.29, 0.717) is 19.4 Å². The van der Waals surface area contributed by atoms with Crippen molar-refractivity contribution in [3.8, 4) is 0 Å². The molecule has 0 aromatic rings. The summed E-state index contributed by atoms with van der Waals surface area (Å²) in [6.45, 7) is 5.32. The second-order valence-corrected chi connectivity index (χ2v) is 5.31. The minimum absolute atomic E-state index is 0.0188. The van der Waals surface area contributed by atoms with Gasteiger partial charge in [-0.25, -0.2) is 4.79 Å². The van der Waals surface area contributed by atoms with Crippen LogP contribution in [0.4, 0.5) is 0 Å². The molecule has 5 nitrogen and oxygen atoms in total. The third-order valence-electron chi connectivity index (χ3n) is 3.34. The van der Waals surface area contributed by atoms with E-state index >= 15 is 0 Å². The van der Waals surface area contributed by atoms with Crippen LogP contribution in [0, 0.1) is 0 Å². The maximum absolute atomic E-state index is 11.9. The van der Waals surface area contributed by atoms with Crippen molar-refractivity contribution in [2.45, 2.75) is 64.5 Å². The first kappa shape index (κ1) is 16.0. The summed E-state index contributed by atoms with van der Waals surface area (Å²) in [4.78, 5) is 24.4. The van der Waals surface area contributed by atoms with E-state index in [1.807, 2.05) is 13.8 Å². The number of carbonyl (C=O) groups is 2. The molecule has 1 heterocycles. The van der Waals surface area contributed by atoms with E-state index in [-0.39, 0.29) is 12.0 Å². The summed E-state index contributed by atoms with van der Waals surface area (Å²) in [5.74, 6) is -0.897. The van der Waals surface area contributed by atoms with Gasteiger partial charge in [0.05, 0.1) is 6.10 Å². The average Bonchev–Trinajstić information content (AvgIpc) is 2.82. The van der Waals surface area contributed by atoms with E-state index < -0.39 is 12.0 Å². The van der Waals surface area contributed by atoms with E-state index in [2.05, 4.69) is 0 Å². The van der Waals surface area contributed by atoms with Gasteiger partial charge in [-0.3, -0.25) is 4.79 Å². The molecule has 1 saturated heterocycles. The number of unbranched alkanes of at least 4 members (excludes halogenated alkanes) is 2. The van der Waals surface area contributed by atoms with Gasteiger partial charge in [-0.15, -0.1) is 0 Å². The van der Waals surface area contributed by atoms with Crippen LogP contribution in [-0.2, 0) is 14.3 Å². The van der Waals surface area contributed by atoms with Crippen molar-refractivity contribution >= 4 is 11.9 Å². The molecule has 5 heteroatoms. The number of nitrogens with zero attached hydrogens (tertiary/aromatic N) is 1. The van der Waals surface area contributed by atoms with Gasteiger partial charge in [0, 0.05) is 19.6 Å². The van der Waals surface area contributed by atoms with Crippen LogP contribution in [0.25, 0.3) is 0 Å². The molecule has 1 N–H and O–H groups in total. The highest BCUT2D eigenvalue weighted by atomic mass is 16.5. The number of amides is 1. The number of hydrogen-bond acceptors (Lipinski definition) is 3. The standard InChI is InChI=1S/C14H25NO4/c1-11(2)19-10-5-3-4-8-13(16)15-9-6-7-12(15)14(17)18/h11-12H,3-10H2,1-2H3,(H,17,18)/t12-/m0/s1. The maximum Gasteiger partial charge on any atom is 0.326 e. The Balaban J connectivity index is 2.15. The molecule has 0 radical (unpaired) electrons. The molecule has 1 rings (SSSR count). The molecular formula is C14H25NO4. The molecule has 0 aromatic carbocycles. The highest BCUT2D eigenvalue weighted by Crippen LogP contribution is 2.19. The van der Waals surface area contributed by atoms with Crippen LogP contribution in [0.5, 0.6) is 0 Å². The number of rotatable bonds is 8. The summed E-state index contributed by atoms with van der Waals surface area (Å²) in [7, 11) is 0. The number of likely N-dealkylation sites (tertiary alicyclic amines) is 1. The molecule has 1 aliphatic rings. The van der Waals surface area contributed by atoms with Crippen molar-refractivity contribution < 1.29 is 19.4 Å². The van der Waals surface area contributed by atoms with E-state index in [9.17, 15) is 9.59 Å². The Morgan fingerprint density at radius 2 is 2.05 bits per heavy atom. The monoisotopic (exact) mass is 271 g/mol. The van der Waals surface area contributed by atoms with Crippen LogP contribution in [0.2, 0.25) is 0 Å². The number of carbonyl (C=O) groups excluding carboxylic acids is 1. The molecule has 0 spiro atoms. The highest BCUT2D eigenvalue weighted by molar-refractivity contribution is 5.84. The lowest BCUT2D eigenvalue weighted by Crippen LogP contribution is -2.40. The zero-order valence-corrected chi connectivity index (χ0v) is 11.9.